The number of sulfone groups is 1. The maximum Gasteiger partial charge on any atom is 0.150 e. The van der Waals surface area contributed by atoms with Crippen molar-refractivity contribution in [1.29, 1.82) is 0 Å². The first-order valence-corrected chi connectivity index (χ1v) is 6.55. The van der Waals surface area contributed by atoms with Crippen LogP contribution >= 0.6 is 0 Å². The molecule has 0 aliphatic rings. The molecule has 0 heterocycles. The van der Waals surface area contributed by atoms with Gasteiger partial charge in [-0.3, -0.25) is 0 Å². The van der Waals surface area contributed by atoms with Crippen LogP contribution < -0.4 is 11.5 Å². The maximum absolute atomic E-state index is 11.3. The molecule has 0 aliphatic heterocycles. The highest BCUT2D eigenvalue weighted by atomic mass is 32.2. The number of rotatable bonds is 8. The van der Waals surface area contributed by atoms with Gasteiger partial charge in [-0.05, 0) is 38.8 Å². The molecule has 80 valence electrons. The molecule has 0 aromatic rings. The van der Waals surface area contributed by atoms with Crippen LogP contribution in [-0.4, -0.2) is 33.0 Å². The molecule has 0 rings (SSSR count). The molecule has 4 nitrogen and oxygen atoms in total. The maximum atomic E-state index is 11.3. The van der Waals surface area contributed by atoms with Crippen LogP contribution in [0.25, 0.3) is 0 Å². The van der Waals surface area contributed by atoms with E-state index in [2.05, 4.69) is 0 Å². The fraction of sp³-hybridized carbons (Fsp3) is 1.00. The molecule has 0 radical (unpaired) electrons. The van der Waals surface area contributed by atoms with Crippen LogP contribution in [0.1, 0.15) is 25.7 Å². The van der Waals surface area contributed by atoms with Crippen molar-refractivity contribution in [1.82, 2.24) is 0 Å². The molecule has 0 saturated carbocycles. The van der Waals surface area contributed by atoms with Gasteiger partial charge in [0.15, 0.2) is 0 Å². The highest BCUT2D eigenvalue weighted by Gasteiger charge is 2.08. The monoisotopic (exact) mass is 208 g/mol. The Hall–Kier alpha value is -0.130. The second-order valence-electron chi connectivity index (χ2n) is 3.14. The van der Waals surface area contributed by atoms with E-state index in [0.717, 1.165) is 12.8 Å². The first-order chi connectivity index (χ1) is 6.12. The first-order valence-electron chi connectivity index (χ1n) is 4.73. The third-order valence-corrected chi connectivity index (χ3v) is 3.64. The van der Waals surface area contributed by atoms with Crippen LogP contribution in [0, 0.1) is 0 Å². The van der Waals surface area contributed by atoms with Gasteiger partial charge in [0.25, 0.3) is 0 Å². The van der Waals surface area contributed by atoms with Crippen LogP contribution in [0.4, 0.5) is 0 Å². The van der Waals surface area contributed by atoms with E-state index in [1.807, 2.05) is 0 Å². The fourth-order valence-corrected chi connectivity index (χ4v) is 2.53. The largest absolute Gasteiger partial charge is 0.330 e. The fourth-order valence-electron chi connectivity index (χ4n) is 1.03. The first kappa shape index (κ1) is 12.9. The number of hydrogen-bond donors (Lipinski definition) is 2. The van der Waals surface area contributed by atoms with E-state index in [4.69, 9.17) is 11.5 Å². The Bertz CT molecular complexity index is 186. The second kappa shape index (κ2) is 7.29. The summed E-state index contributed by atoms with van der Waals surface area (Å²) in [6.45, 7) is 1.14. The van der Waals surface area contributed by atoms with Crippen molar-refractivity contribution >= 4 is 9.84 Å². The second-order valence-corrected chi connectivity index (χ2v) is 5.45. The van der Waals surface area contributed by atoms with Gasteiger partial charge in [-0.25, -0.2) is 8.42 Å². The third-order valence-electron chi connectivity index (χ3n) is 1.82. The quantitative estimate of drug-likeness (QED) is 0.544. The number of unbranched alkanes of at least 4 members (excludes halogenated alkanes) is 2. The van der Waals surface area contributed by atoms with Crippen molar-refractivity contribution < 1.29 is 8.42 Å². The lowest BCUT2D eigenvalue weighted by molar-refractivity contribution is 0.587. The number of nitrogens with two attached hydrogens (primary N) is 2. The molecule has 0 saturated heterocycles. The minimum atomic E-state index is -2.84. The molecule has 4 N–H and O–H groups in total. The molecule has 0 spiro atoms. The van der Waals surface area contributed by atoms with Crippen LogP contribution in [0.2, 0.25) is 0 Å². The van der Waals surface area contributed by atoms with Crippen molar-refractivity contribution in [3.8, 4) is 0 Å². The number of hydrogen-bond acceptors (Lipinski definition) is 4. The molecule has 5 heteroatoms. The average molecular weight is 208 g/mol. The topological polar surface area (TPSA) is 86.2 Å². The van der Waals surface area contributed by atoms with Crippen LogP contribution in [0.15, 0.2) is 0 Å². The van der Waals surface area contributed by atoms with Gasteiger partial charge in [0.2, 0.25) is 0 Å². The van der Waals surface area contributed by atoms with Crippen LogP contribution in [0.5, 0.6) is 0 Å². The molecule has 0 aliphatic carbocycles. The Morgan fingerprint density at radius 1 is 0.769 bits per heavy atom. The molecule has 0 fully saturated rings. The summed E-state index contributed by atoms with van der Waals surface area (Å²) in [7, 11) is -2.84. The Morgan fingerprint density at radius 2 is 1.15 bits per heavy atom. The molecule has 0 unspecified atom stereocenters. The summed E-state index contributed by atoms with van der Waals surface area (Å²) in [5.41, 5.74) is 10.5. The predicted octanol–water partition coefficient (Wildman–Crippen LogP) is -0.121. The standard InChI is InChI=1S/C8H20N2O2S/c9-5-1-3-7-13(11,12)8-4-2-6-10/h1-10H2. The molecule has 0 aromatic heterocycles. The molecular weight excluding hydrogens is 188 g/mol. The predicted molar refractivity (Wildman–Crippen MR) is 55.2 cm³/mol. The summed E-state index contributed by atoms with van der Waals surface area (Å²) in [5, 5.41) is 0. The minimum absolute atomic E-state index is 0.273. The summed E-state index contributed by atoms with van der Waals surface area (Å²) in [4.78, 5) is 0. The smallest absolute Gasteiger partial charge is 0.150 e. The van der Waals surface area contributed by atoms with Gasteiger partial charge in [0, 0.05) is 0 Å². The normalized spacial score (nSPS) is 11.8. The van der Waals surface area contributed by atoms with Crippen molar-refractivity contribution in [3.63, 3.8) is 0 Å². The van der Waals surface area contributed by atoms with E-state index in [9.17, 15) is 8.42 Å². The van der Waals surface area contributed by atoms with Gasteiger partial charge in [-0.2, -0.15) is 0 Å². The van der Waals surface area contributed by atoms with Crippen molar-refractivity contribution in [2.75, 3.05) is 24.6 Å². The van der Waals surface area contributed by atoms with Gasteiger partial charge < -0.3 is 11.5 Å². The lowest BCUT2D eigenvalue weighted by Crippen LogP contribution is -2.13. The average Bonchev–Trinajstić information content (AvgIpc) is 2.05. The molecular formula is C8H20N2O2S. The zero-order valence-electron chi connectivity index (χ0n) is 8.04. The Kier molecular flexibility index (Phi) is 7.22. The Morgan fingerprint density at radius 3 is 1.46 bits per heavy atom. The van der Waals surface area contributed by atoms with E-state index in [1.165, 1.54) is 0 Å². The molecule has 0 aromatic carbocycles. The molecule has 0 atom stereocenters. The minimum Gasteiger partial charge on any atom is -0.330 e. The highest BCUT2D eigenvalue weighted by molar-refractivity contribution is 7.91. The van der Waals surface area contributed by atoms with Gasteiger partial charge in [0.05, 0.1) is 11.5 Å². The summed E-state index contributed by atoms with van der Waals surface area (Å²) >= 11 is 0. The van der Waals surface area contributed by atoms with Gasteiger partial charge in [-0.15, -0.1) is 0 Å². The molecule has 0 bridgehead atoms. The highest BCUT2D eigenvalue weighted by Crippen LogP contribution is 2.00. The zero-order valence-corrected chi connectivity index (χ0v) is 8.85. The van der Waals surface area contributed by atoms with E-state index in [0.29, 0.717) is 25.9 Å². The summed E-state index contributed by atoms with van der Waals surface area (Å²) in [6, 6.07) is 0. The van der Waals surface area contributed by atoms with Crippen molar-refractivity contribution in [3.05, 3.63) is 0 Å². The summed E-state index contributed by atoms with van der Waals surface area (Å²) in [6.07, 6.45) is 2.94. The van der Waals surface area contributed by atoms with Gasteiger partial charge in [0.1, 0.15) is 9.84 Å². The summed E-state index contributed by atoms with van der Waals surface area (Å²) < 4.78 is 22.6. The summed E-state index contributed by atoms with van der Waals surface area (Å²) in [5.74, 6) is 0.545. The lowest BCUT2D eigenvalue weighted by Gasteiger charge is -2.02. The Labute approximate surface area is 80.6 Å². The Balaban J connectivity index is 3.55. The molecule has 13 heavy (non-hydrogen) atoms. The lowest BCUT2D eigenvalue weighted by atomic mass is 10.3. The van der Waals surface area contributed by atoms with E-state index in [1.54, 1.807) is 0 Å². The SMILES string of the molecule is NCCCCS(=O)(=O)CCCCN. The van der Waals surface area contributed by atoms with E-state index >= 15 is 0 Å². The molecule has 0 amide bonds. The third kappa shape index (κ3) is 8.21. The zero-order chi connectivity index (χ0) is 10.2. The van der Waals surface area contributed by atoms with Gasteiger partial charge >= 0.3 is 0 Å². The van der Waals surface area contributed by atoms with Crippen LogP contribution in [0.3, 0.4) is 0 Å². The van der Waals surface area contributed by atoms with Crippen molar-refractivity contribution in [2.24, 2.45) is 11.5 Å². The van der Waals surface area contributed by atoms with E-state index in [-0.39, 0.29) is 11.5 Å². The van der Waals surface area contributed by atoms with Crippen molar-refractivity contribution in [2.45, 2.75) is 25.7 Å². The van der Waals surface area contributed by atoms with E-state index < -0.39 is 9.84 Å². The van der Waals surface area contributed by atoms with Gasteiger partial charge in [-0.1, -0.05) is 0 Å². The van der Waals surface area contributed by atoms with Crippen LogP contribution in [-0.2, 0) is 9.84 Å².